The SMILES string of the molecule is COCCNc1nc(Nc2ccc(OC(C)C)c(F)c2)nc(=O)n1Cc1ccc(Cl)cc1. The molecule has 1 heterocycles. The maximum absolute atomic E-state index is 14.3. The minimum absolute atomic E-state index is 0.0409. The van der Waals surface area contributed by atoms with E-state index >= 15 is 0 Å². The van der Waals surface area contributed by atoms with Gasteiger partial charge in [-0.25, -0.2) is 9.18 Å². The fraction of sp³-hybridized carbons (Fsp3) is 0.318. The molecule has 0 saturated carbocycles. The van der Waals surface area contributed by atoms with Gasteiger partial charge >= 0.3 is 5.69 Å². The van der Waals surface area contributed by atoms with Crippen molar-refractivity contribution in [3.63, 3.8) is 0 Å². The summed E-state index contributed by atoms with van der Waals surface area (Å²) in [5.74, 6) is -0.0380. The molecule has 0 fully saturated rings. The normalized spacial score (nSPS) is 10.9. The van der Waals surface area contributed by atoms with Crippen molar-refractivity contribution in [1.82, 2.24) is 14.5 Å². The standard InChI is InChI=1S/C22H25ClFN5O3/c1-14(2)32-19-9-8-17(12-18(19)24)26-20-27-21(25-10-11-31-3)29(22(30)28-20)13-15-4-6-16(23)7-5-15/h4-9,12,14H,10-11,13H2,1-3H3,(H2,25,26,27,28,30). The summed E-state index contributed by atoms with van der Waals surface area (Å²) in [6, 6.07) is 11.5. The molecule has 0 radical (unpaired) electrons. The number of aromatic nitrogens is 3. The van der Waals surface area contributed by atoms with Gasteiger partial charge in [-0.15, -0.1) is 0 Å². The Labute approximate surface area is 190 Å². The fourth-order valence-electron chi connectivity index (χ4n) is 2.86. The zero-order chi connectivity index (χ0) is 23.1. The first-order valence-electron chi connectivity index (χ1n) is 10.0. The molecule has 2 N–H and O–H groups in total. The van der Waals surface area contributed by atoms with E-state index in [1.807, 2.05) is 26.0 Å². The molecule has 1 aromatic heterocycles. The largest absolute Gasteiger partial charge is 0.488 e. The van der Waals surface area contributed by atoms with Crippen LogP contribution in [-0.2, 0) is 11.3 Å². The average Bonchev–Trinajstić information content (AvgIpc) is 2.74. The highest BCUT2D eigenvalue weighted by Gasteiger charge is 2.13. The highest BCUT2D eigenvalue weighted by atomic mass is 35.5. The van der Waals surface area contributed by atoms with Crippen LogP contribution in [0.3, 0.4) is 0 Å². The van der Waals surface area contributed by atoms with Crippen LogP contribution in [0.4, 0.5) is 22.0 Å². The molecule has 0 saturated heterocycles. The lowest BCUT2D eigenvalue weighted by atomic mass is 10.2. The highest BCUT2D eigenvalue weighted by molar-refractivity contribution is 6.30. The molecule has 0 aliphatic heterocycles. The second-order valence-corrected chi connectivity index (χ2v) is 7.66. The molecule has 32 heavy (non-hydrogen) atoms. The maximum Gasteiger partial charge on any atom is 0.353 e. The van der Waals surface area contributed by atoms with Crippen LogP contribution in [0, 0.1) is 5.82 Å². The molecule has 2 aromatic carbocycles. The molecular formula is C22H25ClFN5O3. The summed E-state index contributed by atoms with van der Waals surface area (Å²) in [4.78, 5) is 21.2. The number of hydrogen-bond donors (Lipinski definition) is 2. The maximum atomic E-state index is 14.3. The van der Waals surface area contributed by atoms with E-state index in [0.717, 1.165) is 5.56 Å². The quantitative estimate of drug-likeness (QED) is 0.440. The third kappa shape index (κ3) is 6.41. The Kier molecular flexibility index (Phi) is 8.02. The van der Waals surface area contributed by atoms with E-state index in [4.69, 9.17) is 21.1 Å². The second kappa shape index (κ2) is 10.9. The van der Waals surface area contributed by atoms with Crippen LogP contribution >= 0.6 is 11.6 Å². The van der Waals surface area contributed by atoms with Crippen molar-refractivity contribution in [3.05, 3.63) is 69.4 Å². The zero-order valence-electron chi connectivity index (χ0n) is 18.1. The Hall–Kier alpha value is -3.17. The smallest absolute Gasteiger partial charge is 0.353 e. The lowest BCUT2D eigenvalue weighted by Crippen LogP contribution is -2.29. The molecule has 0 unspecified atom stereocenters. The second-order valence-electron chi connectivity index (χ2n) is 7.22. The summed E-state index contributed by atoms with van der Waals surface area (Å²) in [5, 5.41) is 6.56. The van der Waals surface area contributed by atoms with E-state index in [0.29, 0.717) is 29.8 Å². The Morgan fingerprint density at radius 3 is 2.56 bits per heavy atom. The number of methoxy groups -OCH3 is 1. The number of rotatable bonds is 10. The number of nitrogens with zero attached hydrogens (tertiary/aromatic N) is 3. The Morgan fingerprint density at radius 2 is 1.91 bits per heavy atom. The minimum atomic E-state index is -0.529. The van der Waals surface area contributed by atoms with Crippen molar-refractivity contribution in [3.8, 4) is 5.75 Å². The van der Waals surface area contributed by atoms with E-state index in [-0.39, 0.29) is 24.3 Å². The van der Waals surface area contributed by atoms with E-state index in [1.54, 1.807) is 25.3 Å². The van der Waals surface area contributed by atoms with E-state index in [9.17, 15) is 9.18 Å². The van der Waals surface area contributed by atoms with Gasteiger partial charge in [0.1, 0.15) is 0 Å². The van der Waals surface area contributed by atoms with Crippen LogP contribution in [-0.4, -0.2) is 40.9 Å². The lowest BCUT2D eigenvalue weighted by Gasteiger charge is -2.15. The molecule has 8 nitrogen and oxygen atoms in total. The van der Waals surface area contributed by atoms with Crippen LogP contribution in [0.2, 0.25) is 5.02 Å². The van der Waals surface area contributed by atoms with E-state index in [2.05, 4.69) is 20.6 Å². The number of ether oxygens (including phenoxy) is 2. The van der Waals surface area contributed by atoms with Crippen molar-refractivity contribution < 1.29 is 13.9 Å². The van der Waals surface area contributed by atoms with Crippen LogP contribution in [0.15, 0.2) is 47.3 Å². The van der Waals surface area contributed by atoms with Gasteiger partial charge in [0.05, 0.1) is 19.3 Å². The zero-order valence-corrected chi connectivity index (χ0v) is 18.8. The van der Waals surface area contributed by atoms with Crippen molar-refractivity contribution >= 4 is 29.2 Å². The lowest BCUT2D eigenvalue weighted by molar-refractivity contribution is 0.210. The molecule has 3 rings (SSSR count). The molecule has 0 bridgehead atoms. The van der Waals surface area contributed by atoms with Gasteiger partial charge < -0.3 is 20.1 Å². The van der Waals surface area contributed by atoms with Crippen LogP contribution in [0.5, 0.6) is 5.75 Å². The molecule has 0 spiro atoms. The minimum Gasteiger partial charge on any atom is -0.488 e. The number of halogens is 2. The highest BCUT2D eigenvalue weighted by Crippen LogP contribution is 2.24. The summed E-state index contributed by atoms with van der Waals surface area (Å²) in [5.41, 5.74) is 0.729. The van der Waals surface area contributed by atoms with Gasteiger partial charge in [0.2, 0.25) is 11.9 Å². The molecule has 3 aromatic rings. The topological polar surface area (TPSA) is 90.3 Å². The van der Waals surface area contributed by atoms with E-state index < -0.39 is 11.5 Å². The van der Waals surface area contributed by atoms with Crippen molar-refractivity contribution in [2.45, 2.75) is 26.5 Å². The molecule has 10 heteroatoms. The molecule has 0 amide bonds. The van der Waals surface area contributed by atoms with Gasteiger partial charge in [-0.2, -0.15) is 9.97 Å². The molecular weight excluding hydrogens is 437 g/mol. The monoisotopic (exact) mass is 461 g/mol. The molecule has 0 aliphatic rings. The first-order chi connectivity index (χ1) is 15.4. The third-order valence-electron chi connectivity index (χ3n) is 4.29. The van der Waals surface area contributed by atoms with Crippen molar-refractivity contribution in [2.24, 2.45) is 0 Å². The summed E-state index contributed by atoms with van der Waals surface area (Å²) in [7, 11) is 1.58. The van der Waals surface area contributed by atoms with Crippen LogP contribution in [0.1, 0.15) is 19.4 Å². The molecule has 170 valence electrons. The first kappa shape index (κ1) is 23.5. The summed E-state index contributed by atoms with van der Waals surface area (Å²) < 4.78 is 26.2. The van der Waals surface area contributed by atoms with Crippen molar-refractivity contribution in [1.29, 1.82) is 0 Å². The van der Waals surface area contributed by atoms with Gasteiger partial charge in [-0.3, -0.25) is 4.57 Å². The van der Waals surface area contributed by atoms with Gasteiger partial charge in [0, 0.05) is 30.4 Å². The third-order valence-corrected chi connectivity index (χ3v) is 4.55. The average molecular weight is 462 g/mol. The number of hydrogen-bond acceptors (Lipinski definition) is 7. The predicted molar refractivity (Wildman–Crippen MR) is 123 cm³/mol. The molecule has 0 atom stereocenters. The summed E-state index contributed by atoms with van der Waals surface area (Å²) in [6.45, 7) is 4.74. The van der Waals surface area contributed by atoms with Crippen LogP contribution in [0.25, 0.3) is 0 Å². The van der Waals surface area contributed by atoms with Crippen LogP contribution < -0.4 is 21.1 Å². The first-order valence-corrected chi connectivity index (χ1v) is 10.4. The van der Waals surface area contributed by atoms with Gasteiger partial charge in [0.25, 0.3) is 0 Å². The van der Waals surface area contributed by atoms with Crippen molar-refractivity contribution in [2.75, 3.05) is 30.9 Å². The number of nitrogens with one attached hydrogen (secondary N) is 2. The predicted octanol–water partition coefficient (Wildman–Crippen LogP) is 4.07. The Balaban J connectivity index is 1.87. The van der Waals surface area contributed by atoms with Gasteiger partial charge in [-0.05, 0) is 43.7 Å². The summed E-state index contributed by atoms with van der Waals surface area (Å²) >= 11 is 5.94. The fourth-order valence-corrected chi connectivity index (χ4v) is 2.98. The molecule has 0 aliphatic carbocycles. The summed E-state index contributed by atoms with van der Waals surface area (Å²) in [6.07, 6.45) is -0.152. The Bertz CT molecular complexity index is 1110. The number of anilines is 3. The number of benzene rings is 2. The van der Waals surface area contributed by atoms with Gasteiger partial charge in [-0.1, -0.05) is 23.7 Å². The van der Waals surface area contributed by atoms with E-state index in [1.165, 1.54) is 16.7 Å². The Morgan fingerprint density at radius 1 is 1.16 bits per heavy atom. The van der Waals surface area contributed by atoms with Gasteiger partial charge in [0.15, 0.2) is 11.6 Å².